The first kappa shape index (κ1) is 38.7. The summed E-state index contributed by atoms with van der Waals surface area (Å²) >= 11 is 0. The molecule has 12 nitrogen and oxygen atoms in total. The van der Waals surface area contributed by atoms with Crippen molar-refractivity contribution in [1.29, 1.82) is 0 Å². The Morgan fingerprint density at radius 1 is 0.772 bits per heavy atom. The van der Waals surface area contributed by atoms with E-state index in [9.17, 15) is 9.59 Å². The Hall–Kier alpha value is -6.56. The van der Waals surface area contributed by atoms with Gasteiger partial charge in [0.05, 0.1) is 63.1 Å². The van der Waals surface area contributed by atoms with E-state index in [1.165, 1.54) is 7.11 Å². The number of anilines is 1. The minimum Gasteiger partial charge on any atom is -0.497 e. The van der Waals surface area contributed by atoms with Crippen molar-refractivity contribution in [3.63, 3.8) is 0 Å². The molecule has 0 spiro atoms. The number of hydrogen-bond donors (Lipinski definition) is 2. The number of amides is 2. The van der Waals surface area contributed by atoms with Crippen LogP contribution >= 0.6 is 0 Å². The van der Waals surface area contributed by atoms with Crippen molar-refractivity contribution in [2.75, 3.05) is 39.9 Å². The van der Waals surface area contributed by atoms with Crippen LogP contribution in [0.2, 0.25) is 0 Å². The molecule has 57 heavy (non-hydrogen) atoms. The van der Waals surface area contributed by atoms with Crippen LogP contribution < -0.4 is 34.3 Å². The summed E-state index contributed by atoms with van der Waals surface area (Å²) in [5.41, 5.74) is 6.98. The first-order chi connectivity index (χ1) is 27.7. The summed E-state index contributed by atoms with van der Waals surface area (Å²) in [5, 5.41) is 6.34. The summed E-state index contributed by atoms with van der Waals surface area (Å²) in [6.07, 6.45) is 9.85. The van der Waals surface area contributed by atoms with Crippen molar-refractivity contribution in [2.24, 2.45) is 9.98 Å². The van der Waals surface area contributed by atoms with Gasteiger partial charge >= 0.3 is 0 Å². The molecule has 0 aliphatic carbocycles. The molecule has 3 aliphatic heterocycles. The zero-order valence-corrected chi connectivity index (χ0v) is 32.8. The first-order valence-corrected chi connectivity index (χ1v) is 19.1. The van der Waals surface area contributed by atoms with Crippen LogP contribution in [-0.4, -0.2) is 75.8 Å². The van der Waals surface area contributed by atoms with Crippen molar-refractivity contribution in [3.05, 3.63) is 107 Å². The minimum absolute atomic E-state index is 0.146. The molecule has 3 aliphatic rings. The van der Waals surface area contributed by atoms with Gasteiger partial charge in [-0.05, 0) is 85.4 Å². The van der Waals surface area contributed by atoms with E-state index in [2.05, 4.69) is 53.7 Å². The van der Waals surface area contributed by atoms with Gasteiger partial charge in [0.2, 0.25) is 0 Å². The maximum absolute atomic E-state index is 13.8. The predicted molar refractivity (Wildman–Crippen MR) is 223 cm³/mol. The highest BCUT2D eigenvalue weighted by molar-refractivity contribution is 6.05. The molecule has 7 rings (SSSR count). The third-order valence-electron chi connectivity index (χ3n) is 9.87. The highest BCUT2D eigenvalue weighted by Gasteiger charge is 2.33. The number of ether oxygens (including phenoxy) is 5. The van der Waals surface area contributed by atoms with Gasteiger partial charge in [0.15, 0.2) is 23.0 Å². The lowest BCUT2D eigenvalue weighted by Crippen LogP contribution is -2.32. The highest BCUT2D eigenvalue weighted by Crippen LogP contribution is 2.40. The van der Waals surface area contributed by atoms with E-state index < -0.39 is 0 Å². The predicted octanol–water partition coefficient (Wildman–Crippen LogP) is 8.62. The number of nitrogens with zero attached hydrogens (tertiary/aromatic N) is 3. The molecule has 1 atom stereocenters. The largest absolute Gasteiger partial charge is 0.497 e. The molecule has 294 valence electrons. The van der Waals surface area contributed by atoms with Crippen molar-refractivity contribution in [3.8, 4) is 28.7 Å². The number of fused-ring (bicyclic) bond motifs is 3. The van der Waals surface area contributed by atoms with E-state index in [-0.39, 0.29) is 17.9 Å². The molecule has 3 heterocycles. The van der Waals surface area contributed by atoms with Crippen molar-refractivity contribution in [1.82, 2.24) is 10.2 Å². The number of rotatable bonds is 13. The molecule has 2 amide bonds. The zero-order chi connectivity index (χ0) is 39.9. The molecule has 0 radical (unpaired) electrons. The van der Waals surface area contributed by atoms with E-state index in [0.29, 0.717) is 90.4 Å². The van der Waals surface area contributed by atoms with Crippen LogP contribution in [0, 0.1) is 0 Å². The molecule has 0 fully saturated rings. The number of hydrogen-bond acceptors (Lipinski definition) is 10. The SMILES string of the molecule is COc1ccc(/C2=C/NC(=O)c3cc(OC)c(OCCCOc4cc5c(cc4OC)C(=O)N4C=C(c6ccc(NC(C)C)cc6)C[C@H]4C=N5)cc3N=CCC2)cc1. The third kappa shape index (κ3) is 8.80. The van der Waals surface area contributed by atoms with Gasteiger partial charge in [-0.25, -0.2) is 0 Å². The Bertz CT molecular complexity index is 2240. The second kappa shape index (κ2) is 17.5. The molecule has 0 saturated carbocycles. The number of carbonyl (C=O) groups is 2. The maximum Gasteiger partial charge on any atom is 0.260 e. The summed E-state index contributed by atoms with van der Waals surface area (Å²) < 4.78 is 28.8. The summed E-state index contributed by atoms with van der Waals surface area (Å²) in [4.78, 5) is 38.3. The fraction of sp³-hybridized carbons (Fsp3) is 0.289. The Balaban J connectivity index is 0.978. The van der Waals surface area contributed by atoms with Gasteiger partial charge in [-0.15, -0.1) is 0 Å². The molecule has 2 N–H and O–H groups in total. The number of nitrogens with one attached hydrogen (secondary N) is 2. The summed E-state index contributed by atoms with van der Waals surface area (Å²) in [5.74, 6) is 2.09. The smallest absolute Gasteiger partial charge is 0.260 e. The number of aliphatic imine (C=N–C) groups is 2. The number of benzene rings is 4. The molecule has 0 bridgehead atoms. The Morgan fingerprint density at radius 3 is 2.05 bits per heavy atom. The molecular weight excluding hydrogens is 723 g/mol. The molecule has 0 unspecified atom stereocenters. The molecule has 0 aromatic heterocycles. The normalized spacial score (nSPS) is 16.9. The van der Waals surface area contributed by atoms with Crippen LogP contribution in [0.4, 0.5) is 17.1 Å². The average Bonchev–Trinajstić information content (AvgIpc) is 3.61. The second-order valence-electron chi connectivity index (χ2n) is 14.1. The summed E-state index contributed by atoms with van der Waals surface area (Å²) in [6.45, 7) is 4.81. The minimum atomic E-state index is -0.309. The number of methoxy groups -OCH3 is 3. The van der Waals surface area contributed by atoms with Gasteiger partial charge in [0, 0.05) is 61.5 Å². The van der Waals surface area contributed by atoms with Gasteiger partial charge in [-0.1, -0.05) is 24.3 Å². The zero-order valence-electron chi connectivity index (χ0n) is 32.8. The van der Waals surface area contributed by atoms with Gasteiger partial charge in [0.1, 0.15) is 5.75 Å². The van der Waals surface area contributed by atoms with Gasteiger partial charge in [-0.3, -0.25) is 19.6 Å². The molecule has 4 aromatic rings. The standard InChI is InChI=1S/C45H47N5O7/c1-28(2)49-33-13-9-30(10-14-33)32-20-34-26-47-39-24-43(41(55-5)22-37(39)45(52)50(34)27-32)57-19-7-18-56-42-23-38-36(21-40(42)54-4)44(51)48-25-31(8-6-17-46-38)29-11-15-35(53-3)16-12-29/h9-17,21-28,34,49H,6-8,18-20H2,1-5H3,(H,48,51)/b31-25+,46-17?/t34-/m0/s1. The van der Waals surface area contributed by atoms with Crippen molar-refractivity contribution >= 4 is 52.5 Å². The Labute approximate surface area is 332 Å². The summed E-state index contributed by atoms with van der Waals surface area (Å²) in [7, 11) is 4.71. The van der Waals surface area contributed by atoms with Crippen LogP contribution in [-0.2, 0) is 0 Å². The van der Waals surface area contributed by atoms with E-state index in [4.69, 9.17) is 28.7 Å². The van der Waals surface area contributed by atoms with Crippen LogP contribution in [0.25, 0.3) is 11.1 Å². The quantitative estimate of drug-likeness (QED) is 0.129. The Kier molecular flexibility index (Phi) is 11.9. The van der Waals surface area contributed by atoms with Crippen molar-refractivity contribution in [2.45, 2.75) is 51.6 Å². The monoisotopic (exact) mass is 769 g/mol. The fourth-order valence-electron chi connectivity index (χ4n) is 6.94. The number of carbonyl (C=O) groups excluding carboxylic acids is 2. The molecule has 12 heteroatoms. The van der Waals surface area contributed by atoms with Crippen LogP contribution in [0.5, 0.6) is 28.7 Å². The van der Waals surface area contributed by atoms with Gasteiger partial charge < -0.3 is 39.2 Å². The lowest BCUT2D eigenvalue weighted by molar-refractivity contribution is 0.0817. The maximum atomic E-state index is 13.8. The van der Waals surface area contributed by atoms with Crippen LogP contribution in [0.15, 0.2) is 95.2 Å². The average molecular weight is 770 g/mol. The fourth-order valence-corrected chi connectivity index (χ4v) is 6.94. The lowest BCUT2D eigenvalue weighted by atomic mass is 10.0. The number of allylic oxidation sites excluding steroid dienone is 1. The van der Waals surface area contributed by atoms with E-state index >= 15 is 0 Å². The van der Waals surface area contributed by atoms with Crippen LogP contribution in [0.1, 0.15) is 71.4 Å². The van der Waals surface area contributed by atoms with Gasteiger partial charge in [0.25, 0.3) is 11.8 Å². The Morgan fingerprint density at radius 2 is 1.40 bits per heavy atom. The molecule has 0 saturated heterocycles. The van der Waals surface area contributed by atoms with Crippen molar-refractivity contribution < 1.29 is 33.3 Å². The topological polar surface area (TPSA) is 132 Å². The third-order valence-corrected chi connectivity index (χ3v) is 9.87. The van der Waals surface area contributed by atoms with E-state index in [0.717, 1.165) is 33.7 Å². The highest BCUT2D eigenvalue weighted by atomic mass is 16.5. The van der Waals surface area contributed by atoms with E-state index in [1.54, 1.807) is 49.6 Å². The molecule has 4 aromatic carbocycles. The van der Waals surface area contributed by atoms with E-state index in [1.807, 2.05) is 42.9 Å². The summed E-state index contributed by atoms with van der Waals surface area (Å²) in [6, 6.07) is 23.0. The lowest BCUT2D eigenvalue weighted by Gasteiger charge is -2.19. The van der Waals surface area contributed by atoms with Crippen LogP contribution in [0.3, 0.4) is 0 Å². The van der Waals surface area contributed by atoms with Gasteiger partial charge in [-0.2, -0.15) is 0 Å². The first-order valence-electron chi connectivity index (χ1n) is 19.1. The molecular formula is C45H47N5O7. The second-order valence-corrected chi connectivity index (χ2v) is 14.1.